The number of ketones is 1. The summed E-state index contributed by atoms with van der Waals surface area (Å²) in [5.41, 5.74) is 1.34. The van der Waals surface area contributed by atoms with Crippen molar-refractivity contribution < 1.29 is 4.79 Å². The third-order valence-corrected chi connectivity index (χ3v) is 6.56. The van der Waals surface area contributed by atoms with E-state index in [9.17, 15) is 9.59 Å². The van der Waals surface area contributed by atoms with Gasteiger partial charge in [-0.25, -0.2) is 0 Å². The average molecular weight is 485 g/mol. The van der Waals surface area contributed by atoms with Crippen LogP contribution in [0.25, 0.3) is 16.7 Å². The summed E-state index contributed by atoms with van der Waals surface area (Å²) in [6.45, 7) is 4.54. The van der Waals surface area contributed by atoms with Gasteiger partial charge in [0.2, 0.25) is 5.78 Å². The molecule has 0 aliphatic rings. The van der Waals surface area contributed by atoms with Gasteiger partial charge in [0.25, 0.3) is 5.56 Å². The standard InChI is InChI=1S/C22H21BrN4O2S/c1-3-4-13-26-20(29)17-7-5-6-8-18(17)27-21(26)24-25-22(27)30-14(2)19(28)15-9-11-16(23)12-10-15/h5-12,14H,3-4,13H2,1-2H3/t14-/m0/s1. The minimum absolute atomic E-state index is 0.0212. The molecule has 1 atom stereocenters. The van der Waals surface area contributed by atoms with E-state index >= 15 is 0 Å². The molecule has 0 bridgehead atoms. The maximum absolute atomic E-state index is 13.0. The molecule has 2 aromatic heterocycles. The predicted molar refractivity (Wildman–Crippen MR) is 123 cm³/mol. The number of unbranched alkanes of at least 4 members (excludes halogenated alkanes) is 1. The van der Waals surface area contributed by atoms with Crippen LogP contribution in [0.2, 0.25) is 0 Å². The number of nitrogens with zero attached hydrogens (tertiary/aromatic N) is 4. The number of rotatable bonds is 7. The lowest BCUT2D eigenvalue weighted by atomic mass is 10.1. The summed E-state index contributed by atoms with van der Waals surface area (Å²) in [6, 6.07) is 14.8. The molecule has 0 saturated carbocycles. The zero-order chi connectivity index (χ0) is 21.3. The summed E-state index contributed by atoms with van der Waals surface area (Å²) in [7, 11) is 0. The summed E-state index contributed by atoms with van der Waals surface area (Å²) in [5, 5.41) is 9.53. The fourth-order valence-electron chi connectivity index (χ4n) is 3.39. The number of para-hydroxylation sites is 1. The first-order valence-corrected chi connectivity index (χ1v) is 11.5. The van der Waals surface area contributed by atoms with Crippen molar-refractivity contribution in [1.82, 2.24) is 19.2 Å². The van der Waals surface area contributed by atoms with Crippen LogP contribution in [-0.4, -0.2) is 30.2 Å². The van der Waals surface area contributed by atoms with Crippen molar-refractivity contribution in [2.45, 2.75) is 43.6 Å². The third kappa shape index (κ3) is 3.81. The molecule has 0 aliphatic carbocycles. The lowest BCUT2D eigenvalue weighted by Gasteiger charge is -2.12. The number of fused-ring (bicyclic) bond motifs is 3. The SMILES string of the molecule is CCCCn1c(=O)c2ccccc2n2c(S[C@@H](C)C(=O)c3ccc(Br)cc3)nnc12. The largest absolute Gasteiger partial charge is 0.293 e. The van der Waals surface area contributed by atoms with Gasteiger partial charge in [0.15, 0.2) is 10.9 Å². The monoisotopic (exact) mass is 484 g/mol. The summed E-state index contributed by atoms with van der Waals surface area (Å²) in [4.78, 5) is 25.9. The van der Waals surface area contributed by atoms with E-state index in [1.165, 1.54) is 11.8 Å². The maximum atomic E-state index is 13.0. The van der Waals surface area contributed by atoms with Crippen LogP contribution in [0.3, 0.4) is 0 Å². The third-order valence-electron chi connectivity index (χ3n) is 4.99. The topological polar surface area (TPSA) is 69.3 Å². The van der Waals surface area contributed by atoms with Crippen molar-refractivity contribution in [3.63, 3.8) is 0 Å². The van der Waals surface area contributed by atoms with Crippen molar-refractivity contribution in [2.75, 3.05) is 0 Å². The minimum Gasteiger partial charge on any atom is -0.293 e. The lowest BCUT2D eigenvalue weighted by Crippen LogP contribution is -2.23. The number of benzene rings is 2. The van der Waals surface area contributed by atoms with Crippen LogP contribution in [0, 0.1) is 0 Å². The molecule has 2 aromatic carbocycles. The van der Waals surface area contributed by atoms with Crippen molar-refractivity contribution in [2.24, 2.45) is 0 Å². The van der Waals surface area contributed by atoms with Gasteiger partial charge in [-0.3, -0.25) is 18.6 Å². The number of carbonyl (C=O) groups excluding carboxylic acids is 1. The van der Waals surface area contributed by atoms with Gasteiger partial charge in [0.1, 0.15) is 0 Å². The number of hydrogen-bond acceptors (Lipinski definition) is 5. The Balaban J connectivity index is 1.78. The second-order valence-electron chi connectivity index (χ2n) is 7.08. The number of Topliss-reactive ketones (excluding diaryl/α,β-unsaturated/α-hetero) is 1. The van der Waals surface area contributed by atoms with Crippen molar-refractivity contribution in [3.8, 4) is 0 Å². The summed E-state index contributed by atoms with van der Waals surface area (Å²) in [5.74, 6) is 0.533. The molecule has 154 valence electrons. The van der Waals surface area contributed by atoms with E-state index in [4.69, 9.17) is 0 Å². The Morgan fingerprint density at radius 2 is 1.87 bits per heavy atom. The van der Waals surface area contributed by atoms with Gasteiger partial charge in [-0.05, 0) is 37.6 Å². The molecule has 6 nitrogen and oxygen atoms in total. The van der Waals surface area contributed by atoms with Crippen LogP contribution in [0.4, 0.5) is 0 Å². The van der Waals surface area contributed by atoms with E-state index in [-0.39, 0.29) is 16.6 Å². The van der Waals surface area contributed by atoms with E-state index < -0.39 is 0 Å². The van der Waals surface area contributed by atoms with Crippen LogP contribution in [-0.2, 0) is 6.54 Å². The summed E-state index contributed by atoms with van der Waals surface area (Å²) in [6.07, 6.45) is 1.85. The highest BCUT2D eigenvalue weighted by Gasteiger charge is 2.22. The summed E-state index contributed by atoms with van der Waals surface area (Å²) >= 11 is 4.75. The van der Waals surface area contributed by atoms with Gasteiger partial charge in [0, 0.05) is 16.6 Å². The fourth-order valence-corrected chi connectivity index (χ4v) is 4.59. The van der Waals surface area contributed by atoms with Crippen LogP contribution in [0.15, 0.2) is 63.0 Å². The van der Waals surface area contributed by atoms with Crippen LogP contribution < -0.4 is 5.56 Å². The van der Waals surface area contributed by atoms with E-state index in [1.54, 1.807) is 4.57 Å². The second-order valence-corrected chi connectivity index (χ2v) is 9.30. The number of thioether (sulfide) groups is 1. The van der Waals surface area contributed by atoms with E-state index in [1.807, 2.05) is 59.9 Å². The molecule has 0 fully saturated rings. The zero-order valence-electron chi connectivity index (χ0n) is 16.7. The molecule has 30 heavy (non-hydrogen) atoms. The molecule has 4 rings (SSSR count). The molecule has 0 unspecified atom stereocenters. The van der Waals surface area contributed by atoms with Crippen molar-refractivity contribution in [3.05, 3.63) is 68.9 Å². The Hall–Kier alpha value is -2.45. The molecule has 0 amide bonds. The molecule has 2 heterocycles. The number of carbonyl (C=O) groups is 1. The predicted octanol–water partition coefficient (Wildman–Crippen LogP) is 4.97. The van der Waals surface area contributed by atoms with E-state index in [2.05, 4.69) is 33.1 Å². The first kappa shape index (κ1) is 20.8. The molecule has 0 radical (unpaired) electrons. The molecule has 4 aromatic rings. The fraction of sp³-hybridized carbons (Fsp3) is 0.273. The van der Waals surface area contributed by atoms with Crippen molar-refractivity contribution in [1.29, 1.82) is 0 Å². The normalized spacial score (nSPS) is 12.5. The van der Waals surface area contributed by atoms with Gasteiger partial charge >= 0.3 is 0 Å². The first-order valence-electron chi connectivity index (χ1n) is 9.84. The number of halogens is 1. The number of aromatic nitrogens is 4. The Kier molecular flexibility index (Phi) is 6.06. The Morgan fingerprint density at radius 3 is 2.60 bits per heavy atom. The highest BCUT2D eigenvalue weighted by Crippen LogP contribution is 2.27. The maximum Gasteiger partial charge on any atom is 0.262 e. The molecule has 0 N–H and O–H groups in total. The Morgan fingerprint density at radius 1 is 1.13 bits per heavy atom. The van der Waals surface area contributed by atoms with Gasteiger partial charge < -0.3 is 0 Å². The minimum atomic E-state index is -0.353. The van der Waals surface area contributed by atoms with Crippen LogP contribution in [0.1, 0.15) is 37.0 Å². The molecule has 0 aliphatic heterocycles. The Bertz CT molecular complexity index is 1280. The molecule has 0 saturated heterocycles. The lowest BCUT2D eigenvalue weighted by molar-refractivity contribution is 0.0994. The Labute approximate surface area is 186 Å². The molecular formula is C22H21BrN4O2S. The number of aryl methyl sites for hydroxylation is 1. The molecule has 0 spiro atoms. The smallest absolute Gasteiger partial charge is 0.262 e. The number of hydrogen-bond donors (Lipinski definition) is 0. The zero-order valence-corrected chi connectivity index (χ0v) is 19.1. The van der Waals surface area contributed by atoms with Gasteiger partial charge in [-0.1, -0.05) is 65.3 Å². The van der Waals surface area contributed by atoms with Crippen LogP contribution >= 0.6 is 27.7 Å². The van der Waals surface area contributed by atoms with Gasteiger partial charge in [-0.15, -0.1) is 10.2 Å². The highest BCUT2D eigenvalue weighted by atomic mass is 79.9. The first-order chi connectivity index (χ1) is 14.5. The van der Waals surface area contributed by atoms with E-state index in [0.29, 0.717) is 28.4 Å². The quantitative estimate of drug-likeness (QED) is 0.273. The summed E-state index contributed by atoms with van der Waals surface area (Å²) < 4.78 is 4.51. The van der Waals surface area contributed by atoms with Crippen LogP contribution in [0.5, 0.6) is 0 Å². The highest BCUT2D eigenvalue weighted by molar-refractivity contribution is 9.10. The molecule has 8 heteroatoms. The van der Waals surface area contributed by atoms with Gasteiger partial charge in [-0.2, -0.15) is 0 Å². The van der Waals surface area contributed by atoms with Gasteiger partial charge in [0.05, 0.1) is 16.2 Å². The van der Waals surface area contributed by atoms with E-state index in [0.717, 1.165) is 22.8 Å². The van der Waals surface area contributed by atoms with Crippen molar-refractivity contribution >= 4 is 50.2 Å². The average Bonchev–Trinajstić information content (AvgIpc) is 3.17. The second kappa shape index (κ2) is 8.73. The molecular weight excluding hydrogens is 464 g/mol.